The number of carbonyl (C=O) groups excluding carboxylic acids is 1. The molecule has 1 fully saturated rings. The number of ether oxygens (including phenoxy) is 1. The number of carbonyl (C=O) groups is 2. The van der Waals surface area contributed by atoms with Crippen molar-refractivity contribution in [2.24, 2.45) is 11.7 Å². The Morgan fingerprint density at radius 1 is 1.56 bits per heavy atom. The van der Waals surface area contributed by atoms with Crippen LogP contribution in [0.2, 0.25) is 0 Å². The van der Waals surface area contributed by atoms with Crippen LogP contribution in [0, 0.1) is 5.92 Å². The van der Waals surface area contributed by atoms with Crippen molar-refractivity contribution in [2.75, 3.05) is 13.2 Å². The lowest BCUT2D eigenvalue weighted by atomic mass is 10.0. The minimum absolute atomic E-state index is 0.240. The molecule has 0 radical (unpaired) electrons. The zero-order chi connectivity index (χ0) is 13.1. The van der Waals surface area contributed by atoms with Crippen LogP contribution >= 0.6 is 11.3 Å². The molecule has 3 atom stereocenters. The van der Waals surface area contributed by atoms with Gasteiger partial charge in [-0.1, -0.05) is 6.07 Å². The lowest BCUT2D eigenvalue weighted by Gasteiger charge is -2.17. The Morgan fingerprint density at radius 3 is 2.83 bits per heavy atom. The van der Waals surface area contributed by atoms with Gasteiger partial charge in [0.25, 0.3) is 0 Å². The maximum absolute atomic E-state index is 11.9. The van der Waals surface area contributed by atoms with E-state index in [0.29, 0.717) is 11.5 Å². The highest BCUT2D eigenvalue weighted by Crippen LogP contribution is 2.21. The molecular formula is C11H14N2O4S. The second-order valence-electron chi connectivity index (χ2n) is 4.10. The monoisotopic (exact) mass is 270 g/mol. The normalized spacial score (nSPS) is 24.7. The summed E-state index contributed by atoms with van der Waals surface area (Å²) in [6.45, 7) is 0.568. The van der Waals surface area contributed by atoms with Crippen LogP contribution in [0.25, 0.3) is 0 Å². The highest BCUT2D eigenvalue weighted by molar-refractivity contribution is 7.10. The number of hydrogen-bond acceptors (Lipinski definition) is 5. The summed E-state index contributed by atoms with van der Waals surface area (Å²) in [5.74, 6) is -1.94. The van der Waals surface area contributed by atoms with Gasteiger partial charge in [-0.3, -0.25) is 4.79 Å². The Bertz CT molecular complexity index is 434. The molecule has 1 aromatic heterocycles. The molecule has 0 aliphatic carbocycles. The van der Waals surface area contributed by atoms with Crippen molar-refractivity contribution in [1.82, 2.24) is 5.32 Å². The largest absolute Gasteiger partial charge is 0.479 e. The van der Waals surface area contributed by atoms with Crippen LogP contribution in [-0.4, -0.2) is 36.2 Å². The lowest BCUT2D eigenvalue weighted by molar-refractivity contribution is -0.142. The summed E-state index contributed by atoms with van der Waals surface area (Å²) in [5.41, 5.74) is 5.72. The van der Waals surface area contributed by atoms with Crippen molar-refractivity contribution < 1.29 is 19.4 Å². The first-order valence-corrected chi connectivity index (χ1v) is 6.37. The molecule has 0 spiro atoms. The van der Waals surface area contributed by atoms with Gasteiger partial charge >= 0.3 is 5.97 Å². The van der Waals surface area contributed by atoms with Gasteiger partial charge in [-0.05, 0) is 11.4 Å². The first-order valence-electron chi connectivity index (χ1n) is 5.49. The van der Waals surface area contributed by atoms with Gasteiger partial charge in [0.2, 0.25) is 5.91 Å². The van der Waals surface area contributed by atoms with Gasteiger partial charge in [-0.25, -0.2) is 4.79 Å². The quantitative estimate of drug-likeness (QED) is 0.713. The van der Waals surface area contributed by atoms with Crippen LogP contribution in [-0.2, 0) is 14.3 Å². The van der Waals surface area contributed by atoms with Crippen molar-refractivity contribution in [1.29, 1.82) is 0 Å². The number of amides is 1. The van der Waals surface area contributed by atoms with Crippen molar-refractivity contribution in [3.8, 4) is 0 Å². The summed E-state index contributed by atoms with van der Waals surface area (Å²) in [6, 6.07) is 2.02. The van der Waals surface area contributed by atoms with E-state index in [1.807, 2.05) is 0 Å². The van der Waals surface area contributed by atoms with Gasteiger partial charge in [0.05, 0.1) is 19.1 Å². The summed E-state index contributed by atoms with van der Waals surface area (Å²) in [7, 11) is 0. The van der Waals surface area contributed by atoms with Crippen molar-refractivity contribution in [3.05, 3.63) is 22.4 Å². The van der Waals surface area contributed by atoms with E-state index < -0.39 is 17.9 Å². The molecule has 0 bridgehead atoms. The number of carboxylic acid groups (broad SMARTS) is 1. The molecule has 98 valence electrons. The fourth-order valence-corrected chi connectivity index (χ4v) is 2.57. The fourth-order valence-electron chi connectivity index (χ4n) is 1.80. The Balaban J connectivity index is 2.06. The first kappa shape index (κ1) is 13.0. The minimum Gasteiger partial charge on any atom is -0.479 e. The van der Waals surface area contributed by atoms with Gasteiger partial charge in [-0.15, -0.1) is 11.3 Å². The highest BCUT2D eigenvalue weighted by Gasteiger charge is 2.34. The van der Waals surface area contributed by atoms with Crippen LogP contribution in [0.1, 0.15) is 10.9 Å². The van der Waals surface area contributed by atoms with Gasteiger partial charge < -0.3 is 20.9 Å². The molecular weight excluding hydrogens is 256 g/mol. The summed E-state index contributed by atoms with van der Waals surface area (Å²) in [6.07, 6.45) is 0. The van der Waals surface area contributed by atoms with E-state index in [9.17, 15) is 9.59 Å². The number of rotatable bonds is 4. The van der Waals surface area contributed by atoms with E-state index in [-0.39, 0.29) is 18.6 Å². The number of nitrogens with two attached hydrogens (primary N) is 1. The van der Waals surface area contributed by atoms with Crippen molar-refractivity contribution >= 4 is 23.2 Å². The molecule has 6 nitrogen and oxygen atoms in total. The van der Waals surface area contributed by atoms with Crippen LogP contribution in [0.4, 0.5) is 0 Å². The van der Waals surface area contributed by atoms with Crippen molar-refractivity contribution in [2.45, 2.75) is 12.1 Å². The summed E-state index contributed by atoms with van der Waals surface area (Å²) < 4.78 is 5.09. The summed E-state index contributed by atoms with van der Waals surface area (Å²) >= 11 is 1.29. The molecule has 1 aliphatic heterocycles. The topological polar surface area (TPSA) is 102 Å². The second kappa shape index (κ2) is 5.47. The van der Waals surface area contributed by atoms with Gasteiger partial charge in [0, 0.05) is 10.9 Å². The first-order chi connectivity index (χ1) is 8.59. The number of aliphatic carboxylic acids is 1. The van der Waals surface area contributed by atoms with Crippen LogP contribution in [0.5, 0.6) is 0 Å². The smallest absolute Gasteiger partial charge is 0.331 e. The molecule has 2 heterocycles. The molecule has 18 heavy (non-hydrogen) atoms. The molecule has 1 aromatic rings. The standard InChI is InChI=1S/C11H14N2O4S/c12-7-5-17-4-6(7)10(14)13-9(11(15)16)8-2-1-3-18-8/h1-3,6-7,9H,4-5,12H2,(H,13,14)(H,15,16). The van der Waals surface area contributed by atoms with E-state index >= 15 is 0 Å². The predicted molar refractivity (Wildman–Crippen MR) is 65.1 cm³/mol. The Labute approximate surface area is 108 Å². The van der Waals surface area contributed by atoms with Crippen molar-refractivity contribution in [3.63, 3.8) is 0 Å². The maximum atomic E-state index is 11.9. The summed E-state index contributed by atoms with van der Waals surface area (Å²) in [5, 5.41) is 13.4. The minimum atomic E-state index is -1.08. The van der Waals surface area contributed by atoms with E-state index in [4.69, 9.17) is 15.6 Å². The molecule has 7 heteroatoms. The number of nitrogens with one attached hydrogen (secondary N) is 1. The molecule has 2 rings (SSSR count). The van der Waals surface area contributed by atoms with Crippen LogP contribution in [0.3, 0.4) is 0 Å². The number of hydrogen-bond donors (Lipinski definition) is 3. The van der Waals surface area contributed by atoms with Gasteiger partial charge in [-0.2, -0.15) is 0 Å². The maximum Gasteiger partial charge on any atom is 0.331 e. The zero-order valence-electron chi connectivity index (χ0n) is 9.54. The third-order valence-corrected chi connectivity index (χ3v) is 3.76. The lowest BCUT2D eigenvalue weighted by Crippen LogP contribution is -2.43. The average Bonchev–Trinajstić information content (AvgIpc) is 2.95. The summed E-state index contributed by atoms with van der Waals surface area (Å²) in [4.78, 5) is 23.7. The fraction of sp³-hybridized carbons (Fsp3) is 0.455. The average molecular weight is 270 g/mol. The third-order valence-electron chi connectivity index (χ3n) is 2.82. The zero-order valence-corrected chi connectivity index (χ0v) is 10.4. The molecule has 0 saturated carbocycles. The Hall–Kier alpha value is -1.44. The van der Waals surface area contributed by atoms with Gasteiger partial charge in [0.1, 0.15) is 0 Å². The molecule has 4 N–H and O–H groups in total. The van der Waals surface area contributed by atoms with Gasteiger partial charge in [0.15, 0.2) is 6.04 Å². The molecule has 0 aromatic carbocycles. The van der Waals surface area contributed by atoms with E-state index in [1.54, 1.807) is 17.5 Å². The molecule has 1 saturated heterocycles. The predicted octanol–water partition coefficient (Wildman–Crippen LogP) is -0.0363. The molecule has 1 amide bonds. The Kier molecular flexibility index (Phi) is 3.95. The second-order valence-corrected chi connectivity index (χ2v) is 5.08. The van der Waals surface area contributed by atoms with Crippen LogP contribution < -0.4 is 11.1 Å². The molecule has 1 aliphatic rings. The SMILES string of the molecule is NC1COCC1C(=O)NC(C(=O)O)c1cccs1. The Morgan fingerprint density at radius 2 is 2.33 bits per heavy atom. The molecule has 3 unspecified atom stereocenters. The van der Waals surface area contributed by atoms with Crippen LogP contribution in [0.15, 0.2) is 17.5 Å². The van der Waals surface area contributed by atoms with E-state index in [2.05, 4.69) is 5.32 Å². The van der Waals surface area contributed by atoms with E-state index in [1.165, 1.54) is 11.3 Å². The highest BCUT2D eigenvalue weighted by atomic mass is 32.1. The number of thiophene rings is 1. The number of carboxylic acids is 1. The van der Waals surface area contributed by atoms with E-state index in [0.717, 1.165) is 0 Å². The third kappa shape index (κ3) is 2.69.